The molecule has 6 nitrogen and oxygen atoms in total. The fourth-order valence-electron chi connectivity index (χ4n) is 1.99. The Balaban J connectivity index is 2.10. The number of aliphatic hydroxyl groups excluding tert-OH is 1. The Kier molecular flexibility index (Phi) is 5.32. The molecule has 1 atom stereocenters. The third kappa shape index (κ3) is 4.20. The number of ether oxygens (including phenoxy) is 2. The normalized spacial score (nSPS) is 11.7. The van der Waals surface area contributed by atoms with Crippen LogP contribution in [0.25, 0.3) is 0 Å². The quantitative estimate of drug-likeness (QED) is 0.628. The van der Waals surface area contributed by atoms with Crippen molar-refractivity contribution in [2.24, 2.45) is 0 Å². The lowest BCUT2D eigenvalue weighted by Gasteiger charge is -2.13. The summed E-state index contributed by atoms with van der Waals surface area (Å²) in [6, 6.07) is 14.4. The van der Waals surface area contributed by atoms with Gasteiger partial charge in [0.1, 0.15) is 12.7 Å². The van der Waals surface area contributed by atoms with E-state index in [2.05, 4.69) is 0 Å². The maximum absolute atomic E-state index is 10.5. The smallest absolute Gasteiger partial charge is 0.233 e. The first-order chi connectivity index (χ1) is 10.6. The molecular weight excluding hydrogens is 286 g/mol. The van der Waals surface area contributed by atoms with Gasteiger partial charge in [0.15, 0.2) is 11.5 Å². The molecule has 2 aromatic carbocycles. The molecule has 6 heteroatoms. The molecule has 0 bridgehead atoms. The lowest BCUT2D eigenvalue weighted by Crippen LogP contribution is -2.12. The van der Waals surface area contributed by atoms with E-state index >= 15 is 0 Å². The molecule has 1 N–H and O–H groups in total. The largest absolute Gasteiger partial charge is 0.493 e. The summed E-state index contributed by atoms with van der Waals surface area (Å²) >= 11 is 0. The van der Waals surface area contributed by atoms with Gasteiger partial charge < -0.3 is 14.6 Å². The summed E-state index contributed by atoms with van der Waals surface area (Å²) in [5.41, 5.74) is 1.43. The Morgan fingerprint density at radius 2 is 1.91 bits per heavy atom. The van der Waals surface area contributed by atoms with Crippen LogP contribution in [-0.2, 0) is 6.61 Å². The van der Waals surface area contributed by atoms with Gasteiger partial charge in [-0.15, -0.1) is 0 Å². The molecule has 0 saturated carbocycles. The Labute approximate surface area is 128 Å². The zero-order chi connectivity index (χ0) is 15.9. The van der Waals surface area contributed by atoms with Crippen molar-refractivity contribution in [1.82, 2.24) is 0 Å². The first kappa shape index (κ1) is 15.8. The summed E-state index contributed by atoms with van der Waals surface area (Å²) in [5, 5.41) is 20.2. The molecule has 116 valence electrons. The first-order valence-corrected chi connectivity index (χ1v) is 6.74. The van der Waals surface area contributed by atoms with Gasteiger partial charge in [-0.2, -0.15) is 0 Å². The molecule has 0 spiro atoms. The van der Waals surface area contributed by atoms with Crippen LogP contribution in [0.15, 0.2) is 48.5 Å². The van der Waals surface area contributed by atoms with Gasteiger partial charge in [0.05, 0.1) is 7.11 Å². The molecule has 0 aliphatic rings. The van der Waals surface area contributed by atoms with Crippen molar-refractivity contribution in [2.75, 3.05) is 13.7 Å². The summed E-state index contributed by atoms with van der Waals surface area (Å²) in [5.74, 6) is 0.944. The van der Waals surface area contributed by atoms with Gasteiger partial charge in [-0.1, -0.05) is 36.4 Å². The highest BCUT2D eigenvalue weighted by Crippen LogP contribution is 2.31. The van der Waals surface area contributed by atoms with Crippen molar-refractivity contribution in [2.45, 2.75) is 12.7 Å². The van der Waals surface area contributed by atoms with Gasteiger partial charge in [0, 0.05) is 4.92 Å². The molecular formula is C16H17NO5. The second kappa shape index (κ2) is 7.42. The van der Waals surface area contributed by atoms with E-state index < -0.39 is 17.6 Å². The van der Waals surface area contributed by atoms with E-state index in [-0.39, 0.29) is 0 Å². The van der Waals surface area contributed by atoms with Gasteiger partial charge in [0.25, 0.3) is 0 Å². The van der Waals surface area contributed by atoms with Crippen LogP contribution >= 0.6 is 0 Å². The minimum atomic E-state index is -1.17. The van der Waals surface area contributed by atoms with Gasteiger partial charge in [-0.25, -0.2) is 0 Å². The molecule has 0 saturated heterocycles. The fourth-order valence-corrected chi connectivity index (χ4v) is 1.99. The molecule has 0 aliphatic carbocycles. The minimum absolute atomic E-state index is 0.383. The van der Waals surface area contributed by atoms with Crippen LogP contribution in [0, 0.1) is 10.1 Å². The number of hydrogen-bond acceptors (Lipinski definition) is 5. The Bertz CT molecular complexity index is 630. The van der Waals surface area contributed by atoms with Crippen molar-refractivity contribution in [3.05, 3.63) is 69.8 Å². The van der Waals surface area contributed by atoms with Crippen LogP contribution in [-0.4, -0.2) is 23.7 Å². The van der Waals surface area contributed by atoms with E-state index in [1.165, 1.54) is 7.11 Å². The summed E-state index contributed by atoms with van der Waals surface area (Å²) in [4.78, 5) is 9.89. The summed E-state index contributed by atoms with van der Waals surface area (Å²) in [7, 11) is 1.48. The Morgan fingerprint density at radius 3 is 2.55 bits per heavy atom. The minimum Gasteiger partial charge on any atom is -0.493 e. The van der Waals surface area contributed by atoms with Crippen LogP contribution in [0.2, 0.25) is 0 Å². The molecule has 0 radical (unpaired) electrons. The molecule has 0 heterocycles. The number of aliphatic hydroxyl groups is 1. The Morgan fingerprint density at radius 1 is 1.18 bits per heavy atom. The average molecular weight is 303 g/mol. The van der Waals surface area contributed by atoms with Crippen molar-refractivity contribution < 1.29 is 19.5 Å². The highest BCUT2D eigenvalue weighted by molar-refractivity contribution is 5.43. The number of benzene rings is 2. The third-order valence-corrected chi connectivity index (χ3v) is 3.13. The van der Waals surface area contributed by atoms with Gasteiger partial charge in [-0.05, 0) is 23.3 Å². The highest BCUT2D eigenvalue weighted by Gasteiger charge is 2.16. The first-order valence-electron chi connectivity index (χ1n) is 6.74. The zero-order valence-corrected chi connectivity index (χ0v) is 12.1. The molecule has 22 heavy (non-hydrogen) atoms. The van der Waals surface area contributed by atoms with Crippen LogP contribution in [0.1, 0.15) is 17.2 Å². The third-order valence-electron chi connectivity index (χ3n) is 3.13. The number of methoxy groups -OCH3 is 1. The van der Waals surface area contributed by atoms with Crippen LogP contribution in [0.3, 0.4) is 0 Å². The average Bonchev–Trinajstić information content (AvgIpc) is 2.53. The van der Waals surface area contributed by atoms with Crippen molar-refractivity contribution in [3.8, 4) is 11.5 Å². The summed E-state index contributed by atoms with van der Waals surface area (Å²) in [6.07, 6.45) is -1.17. The lowest BCUT2D eigenvalue weighted by atomic mass is 10.1. The number of rotatable bonds is 7. The zero-order valence-electron chi connectivity index (χ0n) is 12.1. The lowest BCUT2D eigenvalue weighted by molar-refractivity contribution is -0.491. The molecule has 0 aromatic heterocycles. The molecule has 0 amide bonds. The van der Waals surface area contributed by atoms with E-state index in [1.54, 1.807) is 18.2 Å². The summed E-state index contributed by atoms with van der Waals surface area (Å²) in [6.45, 7) is -0.165. The van der Waals surface area contributed by atoms with E-state index in [1.807, 2.05) is 30.3 Å². The van der Waals surface area contributed by atoms with E-state index in [4.69, 9.17) is 9.47 Å². The number of hydrogen-bond donors (Lipinski definition) is 1. The van der Waals surface area contributed by atoms with E-state index in [9.17, 15) is 15.2 Å². The SMILES string of the molecule is COc1cc([C@H](O)C[N+](=O)[O-])ccc1OCc1ccccc1. The number of nitro groups is 1. The van der Waals surface area contributed by atoms with E-state index in [0.717, 1.165) is 5.56 Å². The standard InChI is InChI=1S/C16H17NO5/c1-21-16-9-13(14(18)10-17(19)20)7-8-15(16)22-11-12-5-3-2-4-6-12/h2-9,14,18H,10-11H2,1H3/t14-/m1/s1. The summed E-state index contributed by atoms with van der Waals surface area (Å²) < 4.78 is 10.9. The maximum atomic E-state index is 10.5. The van der Waals surface area contributed by atoms with Crippen molar-refractivity contribution >= 4 is 0 Å². The molecule has 2 aromatic rings. The van der Waals surface area contributed by atoms with Crippen LogP contribution in [0.4, 0.5) is 0 Å². The second-order valence-electron chi connectivity index (χ2n) is 4.72. The second-order valence-corrected chi connectivity index (χ2v) is 4.72. The van der Waals surface area contributed by atoms with Crippen molar-refractivity contribution in [1.29, 1.82) is 0 Å². The predicted octanol–water partition coefficient (Wildman–Crippen LogP) is 2.58. The predicted molar refractivity (Wildman–Crippen MR) is 80.6 cm³/mol. The highest BCUT2D eigenvalue weighted by atomic mass is 16.6. The topological polar surface area (TPSA) is 81.8 Å². The molecule has 0 fully saturated rings. The Hall–Kier alpha value is -2.60. The fraction of sp³-hybridized carbons (Fsp3) is 0.250. The van der Waals surface area contributed by atoms with Crippen LogP contribution < -0.4 is 9.47 Å². The monoisotopic (exact) mass is 303 g/mol. The van der Waals surface area contributed by atoms with E-state index in [0.29, 0.717) is 23.7 Å². The molecule has 0 aliphatic heterocycles. The van der Waals surface area contributed by atoms with Crippen LogP contribution in [0.5, 0.6) is 11.5 Å². The van der Waals surface area contributed by atoms with Gasteiger partial charge in [0.2, 0.25) is 6.54 Å². The molecule has 0 unspecified atom stereocenters. The van der Waals surface area contributed by atoms with Gasteiger partial charge in [-0.3, -0.25) is 10.1 Å². The maximum Gasteiger partial charge on any atom is 0.233 e. The molecule has 2 rings (SSSR count). The van der Waals surface area contributed by atoms with Gasteiger partial charge >= 0.3 is 0 Å². The van der Waals surface area contributed by atoms with Crippen molar-refractivity contribution in [3.63, 3.8) is 0 Å². The number of nitrogens with zero attached hydrogens (tertiary/aromatic N) is 1.